The summed E-state index contributed by atoms with van der Waals surface area (Å²) in [5.41, 5.74) is 3.02. The van der Waals surface area contributed by atoms with Crippen molar-refractivity contribution >= 4 is 34.7 Å². The van der Waals surface area contributed by atoms with Crippen LogP contribution in [0.15, 0.2) is 45.7 Å². The molecule has 1 amide bonds. The van der Waals surface area contributed by atoms with Gasteiger partial charge < -0.3 is 0 Å². The van der Waals surface area contributed by atoms with Crippen LogP contribution in [0.25, 0.3) is 0 Å². The average molecular weight is 310 g/mol. The zero-order valence-corrected chi connectivity index (χ0v) is 12.9. The van der Waals surface area contributed by atoms with Crippen molar-refractivity contribution in [3.8, 4) is 0 Å². The second-order valence-electron chi connectivity index (χ2n) is 5.24. The lowest BCUT2D eigenvalue weighted by Gasteiger charge is -2.27. The number of guanidine groups is 1. The van der Waals surface area contributed by atoms with E-state index in [0.717, 1.165) is 35.7 Å². The number of aryl methyl sites for hydroxylation is 1. The molecule has 110 valence electrons. The highest BCUT2D eigenvalue weighted by atomic mass is 32.1. The maximum atomic E-state index is 12.3. The second kappa shape index (κ2) is 5.06. The fraction of sp³-hybridized carbons (Fsp3) is 0.188. The van der Waals surface area contributed by atoms with Gasteiger partial charge in [0.05, 0.1) is 17.1 Å². The normalized spacial score (nSPS) is 15.8. The molecule has 22 heavy (non-hydrogen) atoms. The summed E-state index contributed by atoms with van der Waals surface area (Å²) in [6.07, 6.45) is 0. The minimum Gasteiger partial charge on any atom is -0.294 e. The average Bonchev–Trinajstić information content (AvgIpc) is 3.18. The first-order chi connectivity index (χ1) is 10.7. The Morgan fingerprint density at radius 1 is 1.36 bits per heavy atom. The van der Waals surface area contributed by atoms with Gasteiger partial charge in [-0.2, -0.15) is 0 Å². The van der Waals surface area contributed by atoms with Gasteiger partial charge in [-0.25, -0.2) is 4.99 Å². The van der Waals surface area contributed by atoms with E-state index in [1.54, 1.807) is 6.07 Å². The fourth-order valence-electron chi connectivity index (χ4n) is 2.65. The van der Waals surface area contributed by atoms with Crippen LogP contribution in [0.1, 0.15) is 20.8 Å². The summed E-state index contributed by atoms with van der Waals surface area (Å²) in [7, 11) is 0. The number of amides is 1. The summed E-state index contributed by atoms with van der Waals surface area (Å²) in [5, 5.41) is 4.81. The molecule has 2 aliphatic rings. The summed E-state index contributed by atoms with van der Waals surface area (Å²) >= 11 is 1.42. The number of hydrogen-bond acceptors (Lipinski definition) is 5. The third kappa shape index (κ3) is 2.12. The summed E-state index contributed by atoms with van der Waals surface area (Å²) in [5.74, 6) is 1.33. The third-order valence-corrected chi connectivity index (χ3v) is 4.56. The Morgan fingerprint density at radius 2 is 2.27 bits per heavy atom. The molecule has 0 radical (unpaired) electrons. The van der Waals surface area contributed by atoms with Crippen molar-refractivity contribution in [2.45, 2.75) is 6.92 Å². The number of aliphatic imine (C=N–C) groups is 2. The highest BCUT2D eigenvalue weighted by molar-refractivity contribution is 7.12. The first-order valence-corrected chi connectivity index (χ1v) is 7.97. The van der Waals surface area contributed by atoms with E-state index in [1.165, 1.54) is 11.3 Å². The van der Waals surface area contributed by atoms with Crippen molar-refractivity contribution in [1.29, 1.82) is 0 Å². The lowest BCUT2D eigenvalue weighted by Crippen LogP contribution is -2.47. The zero-order chi connectivity index (χ0) is 15.1. The number of carbonyl (C=O) groups excluding carboxylic acids is 1. The van der Waals surface area contributed by atoms with E-state index in [2.05, 4.69) is 21.4 Å². The first kappa shape index (κ1) is 13.2. The van der Waals surface area contributed by atoms with Gasteiger partial charge in [-0.3, -0.25) is 20.0 Å². The topological polar surface area (TPSA) is 57.1 Å². The zero-order valence-electron chi connectivity index (χ0n) is 12.0. The van der Waals surface area contributed by atoms with Crippen LogP contribution >= 0.6 is 11.3 Å². The number of nitrogens with zero attached hydrogens (tertiary/aromatic N) is 3. The Bertz CT molecular complexity index is 808. The van der Waals surface area contributed by atoms with Gasteiger partial charge in [-0.05, 0) is 36.1 Å². The number of nitrogens with one attached hydrogen (secondary N) is 1. The van der Waals surface area contributed by atoms with Crippen LogP contribution in [0, 0.1) is 6.92 Å². The Morgan fingerprint density at radius 3 is 3.09 bits per heavy atom. The number of rotatable bonds is 1. The fourth-order valence-corrected chi connectivity index (χ4v) is 3.27. The van der Waals surface area contributed by atoms with Crippen LogP contribution in [0.3, 0.4) is 0 Å². The smallest absolute Gasteiger partial charge is 0.268 e. The standard InChI is InChI=1S/C16H14N4OS/c1-10-4-5-11-12(9-10)18-16(20-7-6-17-14(11)20)19-15(21)13-3-2-8-22-13/h2-5,8-9H,6-7H2,1H3,(H,18,19,21). The molecule has 0 spiro atoms. The van der Waals surface area contributed by atoms with E-state index in [-0.39, 0.29) is 5.91 Å². The predicted octanol–water partition coefficient (Wildman–Crippen LogP) is 2.55. The summed E-state index contributed by atoms with van der Waals surface area (Å²) in [6.45, 7) is 3.49. The molecule has 0 fully saturated rings. The number of hydrogen-bond donors (Lipinski definition) is 1. The Hall–Kier alpha value is -2.47. The van der Waals surface area contributed by atoms with Crippen molar-refractivity contribution in [2.24, 2.45) is 9.98 Å². The molecule has 3 heterocycles. The predicted molar refractivity (Wildman–Crippen MR) is 88.2 cm³/mol. The maximum Gasteiger partial charge on any atom is 0.268 e. The molecule has 1 N–H and O–H groups in total. The number of fused-ring (bicyclic) bond motifs is 3. The van der Waals surface area contributed by atoms with E-state index >= 15 is 0 Å². The molecule has 2 aliphatic heterocycles. The highest BCUT2D eigenvalue weighted by Crippen LogP contribution is 2.29. The van der Waals surface area contributed by atoms with E-state index < -0.39 is 0 Å². The van der Waals surface area contributed by atoms with E-state index in [9.17, 15) is 4.79 Å². The molecule has 1 aromatic carbocycles. The minimum absolute atomic E-state index is 0.129. The van der Waals surface area contributed by atoms with Crippen LogP contribution in [0.5, 0.6) is 0 Å². The molecular formula is C16H14N4OS. The maximum absolute atomic E-state index is 12.3. The summed E-state index contributed by atoms with van der Waals surface area (Å²) < 4.78 is 0. The van der Waals surface area contributed by atoms with Gasteiger partial charge in [-0.1, -0.05) is 12.1 Å². The molecule has 0 saturated carbocycles. The largest absolute Gasteiger partial charge is 0.294 e. The molecule has 0 bridgehead atoms. The van der Waals surface area contributed by atoms with Crippen LogP contribution in [0.2, 0.25) is 0 Å². The molecular weight excluding hydrogens is 296 g/mol. The molecule has 6 heteroatoms. The second-order valence-corrected chi connectivity index (χ2v) is 6.19. The Kier molecular flexibility index (Phi) is 3.04. The number of carbonyl (C=O) groups is 1. The van der Waals surface area contributed by atoms with Crippen molar-refractivity contribution in [2.75, 3.05) is 13.1 Å². The molecule has 4 rings (SSSR count). The van der Waals surface area contributed by atoms with Gasteiger partial charge >= 0.3 is 0 Å². The highest BCUT2D eigenvalue weighted by Gasteiger charge is 2.30. The van der Waals surface area contributed by atoms with E-state index in [4.69, 9.17) is 0 Å². The molecule has 0 unspecified atom stereocenters. The number of thiophene rings is 1. The van der Waals surface area contributed by atoms with Crippen LogP contribution in [-0.4, -0.2) is 35.7 Å². The molecule has 0 aliphatic carbocycles. The van der Waals surface area contributed by atoms with E-state index in [0.29, 0.717) is 10.8 Å². The van der Waals surface area contributed by atoms with E-state index in [1.807, 2.05) is 35.4 Å². The van der Waals surface area contributed by atoms with Crippen LogP contribution in [0.4, 0.5) is 5.69 Å². The van der Waals surface area contributed by atoms with Gasteiger partial charge in [0.25, 0.3) is 5.91 Å². The lowest BCUT2D eigenvalue weighted by molar-refractivity contribution is 0.0978. The van der Waals surface area contributed by atoms with Crippen molar-refractivity contribution < 1.29 is 4.79 Å². The lowest BCUT2D eigenvalue weighted by atomic mass is 10.1. The summed E-state index contributed by atoms with van der Waals surface area (Å²) in [6, 6.07) is 9.79. The monoisotopic (exact) mass is 310 g/mol. The SMILES string of the molecule is Cc1ccc2c(c1)N=C(NC(=O)c1cccs1)N1CCN=C21. The molecule has 0 saturated heterocycles. The van der Waals surface area contributed by atoms with Gasteiger partial charge in [0.1, 0.15) is 5.84 Å². The number of amidine groups is 1. The quantitative estimate of drug-likeness (QED) is 0.880. The van der Waals surface area contributed by atoms with Gasteiger partial charge in [0.15, 0.2) is 0 Å². The molecule has 2 aromatic rings. The van der Waals surface area contributed by atoms with Crippen molar-refractivity contribution in [3.05, 3.63) is 51.7 Å². The molecule has 0 atom stereocenters. The molecule has 5 nitrogen and oxygen atoms in total. The van der Waals surface area contributed by atoms with Gasteiger partial charge in [0, 0.05) is 12.1 Å². The van der Waals surface area contributed by atoms with Crippen LogP contribution in [-0.2, 0) is 0 Å². The summed E-state index contributed by atoms with van der Waals surface area (Å²) in [4.78, 5) is 24.1. The van der Waals surface area contributed by atoms with Gasteiger partial charge in [0.2, 0.25) is 5.96 Å². The van der Waals surface area contributed by atoms with Crippen LogP contribution < -0.4 is 5.32 Å². The first-order valence-electron chi connectivity index (χ1n) is 7.09. The Balaban J connectivity index is 1.73. The molecule has 1 aromatic heterocycles. The van der Waals surface area contributed by atoms with Crippen molar-refractivity contribution in [3.63, 3.8) is 0 Å². The minimum atomic E-state index is -0.129. The Labute approximate surface area is 132 Å². The van der Waals surface area contributed by atoms with Gasteiger partial charge in [-0.15, -0.1) is 11.3 Å². The number of benzene rings is 1. The third-order valence-electron chi connectivity index (χ3n) is 3.69. The van der Waals surface area contributed by atoms with Crippen molar-refractivity contribution in [1.82, 2.24) is 10.2 Å².